The zero-order valence-electron chi connectivity index (χ0n) is 11.0. The van der Waals surface area contributed by atoms with Crippen LogP contribution >= 0.6 is 0 Å². The van der Waals surface area contributed by atoms with Crippen LogP contribution in [0.4, 0.5) is 13.2 Å². The molecule has 0 amide bonds. The third kappa shape index (κ3) is 2.72. The number of β-amino-alcohol motifs (C(OH)–C–C–N with tert-alkyl or cyclic N) is 1. The van der Waals surface area contributed by atoms with Gasteiger partial charge in [0.15, 0.2) is 5.60 Å². The van der Waals surface area contributed by atoms with Crippen LogP contribution in [0.3, 0.4) is 0 Å². The van der Waals surface area contributed by atoms with Crippen molar-refractivity contribution in [2.45, 2.75) is 56.8 Å². The number of rotatable bonds is 2. The van der Waals surface area contributed by atoms with E-state index in [9.17, 15) is 18.3 Å². The molecule has 2 rings (SSSR count). The van der Waals surface area contributed by atoms with Gasteiger partial charge in [0.2, 0.25) is 0 Å². The van der Waals surface area contributed by atoms with Crippen molar-refractivity contribution >= 4 is 0 Å². The van der Waals surface area contributed by atoms with Crippen molar-refractivity contribution < 1.29 is 18.3 Å². The predicted molar refractivity (Wildman–Crippen MR) is 63.2 cm³/mol. The molecule has 3 nitrogen and oxygen atoms in total. The Morgan fingerprint density at radius 2 is 1.84 bits per heavy atom. The molecule has 0 bridgehead atoms. The Morgan fingerprint density at radius 1 is 1.32 bits per heavy atom. The monoisotopic (exact) mass is 276 g/mol. The highest BCUT2D eigenvalue weighted by Gasteiger charge is 2.61. The second-order valence-electron chi connectivity index (χ2n) is 6.31. The lowest BCUT2D eigenvalue weighted by atomic mass is 9.71. The fraction of sp³-hybridized carbons (Fsp3) is 0.923. The van der Waals surface area contributed by atoms with Crippen LogP contribution in [-0.2, 0) is 0 Å². The number of hydrogen-bond donors (Lipinski definition) is 1. The van der Waals surface area contributed by atoms with Crippen LogP contribution in [0.15, 0.2) is 0 Å². The minimum absolute atomic E-state index is 0.0104. The molecule has 2 aliphatic rings. The van der Waals surface area contributed by atoms with E-state index in [0.29, 0.717) is 6.42 Å². The summed E-state index contributed by atoms with van der Waals surface area (Å²) in [5.41, 5.74) is -2.50. The van der Waals surface area contributed by atoms with Crippen LogP contribution < -0.4 is 0 Å². The van der Waals surface area contributed by atoms with Crippen molar-refractivity contribution in [3.63, 3.8) is 0 Å². The lowest BCUT2D eigenvalue weighted by Crippen LogP contribution is -2.71. The van der Waals surface area contributed by atoms with Gasteiger partial charge in [0.05, 0.1) is 6.07 Å². The summed E-state index contributed by atoms with van der Waals surface area (Å²) in [4.78, 5) is 1.72. The van der Waals surface area contributed by atoms with Crippen LogP contribution in [0.1, 0.15) is 39.0 Å². The maximum atomic E-state index is 12.5. The molecule has 1 N–H and O–H groups in total. The number of halogens is 3. The van der Waals surface area contributed by atoms with Gasteiger partial charge in [-0.05, 0) is 31.1 Å². The standard InChI is InChI=1S/C13H19F3N2O/c1-11(6-7-17)4-2-10(3-5-11)18-8-12(19,9-18)13(14,15)16/h10,19H,2-6,8-9H2,1H3/t10-,11+. The molecule has 0 spiro atoms. The summed E-state index contributed by atoms with van der Waals surface area (Å²) in [6.45, 7) is 1.45. The Kier molecular flexibility index (Phi) is 3.56. The quantitative estimate of drug-likeness (QED) is 0.842. The topological polar surface area (TPSA) is 47.3 Å². The van der Waals surface area contributed by atoms with E-state index in [1.807, 2.05) is 0 Å². The van der Waals surface area contributed by atoms with Crippen molar-refractivity contribution in [1.82, 2.24) is 4.90 Å². The molecule has 1 aliphatic heterocycles. The summed E-state index contributed by atoms with van der Waals surface area (Å²) in [5.74, 6) is 0. The molecule has 0 aromatic rings. The lowest BCUT2D eigenvalue weighted by Gasteiger charge is -2.52. The molecular weight excluding hydrogens is 257 g/mol. The highest BCUT2D eigenvalue weighted by Crippen LogP contribution is 2.44. The molecule has 0 aromatic carbocycles. The van der Waals surface area contributed by atoms with Crippen LogP contribution in [0.2, 0.25) is 0 Å². The van der Waals surface area contributed by atoms with Crippen molar-refractivity contribution in [2.24, 2.45) is 5.41 Å². The predicted octanol–water partition coefficient (Wildman–Crippen LogP) is 2.46. The Morgan fingerprint density at radius 3 is 2.26 bits per heavy atom. The zero-order chi connectivity index (χ0) is 14.3. The van der Waals surface area contributed by atoms with Gasteiger partial charge in [0, 0.05) is 25.6 Å². The van der Waals surface area contributed by atoms with Crippen molar-refractivity contribution in [3.05, 3.63) is 0 Å². The number of nitriles is 1. The van der Waals surface area contributed by atoms with Crippen molar-refractivity contribution in [2.75, 3.05) is 13.1 Å². The Labute approximate surface area is 111 Å². The van der Waals surface area contributed by atoms with E-state index >= 15 is 0 Å². The van der Waals surface area contributed by atoms with Gasteiger partial charge in [0.25, 0.3) is 0 Å². The minimum Gasteiger partial charge on any atom is -0.378 e. The lowest BCUT2D eigenvalue weighted by molar-refractivity contribution is -0.307. The summed E-state index contributed by atoms with van der Waals surface area (Å²) in [6.07, 6.45) is -0.670. The number of hydrogen-bond acceptors (Lipinski definition) is 3. The fourth-order valence-electron chi connectivity index (χ4n) is 3.10. The van der Waals surface area contributed by atoms with Crippen LogP contribution in [0.25, 0.3) is 0 Å². The zero-order valence-corrected chi connectivity index (χ0v) is 11.0. The molecule has 0 unspecified atom stereocenters. The largest absolute Gasteiger partial charge is 0.419 e. The third-order valence-corrected chi connectivity index (χ3v) is 4.64. The smallest absolute Gasteiger partial charge is 0.378 e. The molecule has 1 aliphatic carbocycles. The summed E-state index contributed by atoms with van der Waals surface area (Å²) in [6, 6.07) is 2.30. The van der Waals surface area contributed by atoms with Gasteiger partial charge in [-0.2, -0.15) is 18.4 Å². The summed E-state index contributed by atoms with van der Waals surface area (Å²) in [5, 5.41) is 18.2. The van der Waals surface area contributed by atoms with Crippen LogP contribution in [-0.4, -0.2) is 40.9 Å². The first-order valence-corrected chi connectivity index (χ1v) is 6.59. The number of likely N-dealkylation sites (tertiary alicyclic amines) is 1. The summed E-state index contributed by atoms with van der Waals surface area (Å²) < 4.78 is 37.6. The maximum Gasteiger partial charge on any atom is 0.419 e. The van der Waals surface area contributed by atoms with Gasteiger partial charge in [-0.15, -0.1) is 0 Å². The SMILES string of the molecule is C[C@]1(CC#N)CC[C@@H](N2CC(O)(C(F)(F)F)C2)CC1. The van der Waals surface area contributed by atoms with Gasteiger partial charge in [0.1, 0.15) is 0 Å². The first-order valence-electron chi connectivity index (χ1n) is 6.59. The van der Waals surface area contributed by atoms with Crippen LogP contribution in [0.5, 0.6) is 0 Å². The Bertz CT molecular complexity index is 374. The van der Waals surface area contributed by atoms with E-state index < -0.39 is 11.8 Å². The van der Waals surface area contributed by atoms with E-state index in [2.05, 4.69) is 13.0 Å². The van der Waals surface area contributed by atoms with E-state index in [4.69, 9.17) is 5.26 Å². The van der Waals surface area contributed by atoms with Gasteiger partial charge in [-0.25, -0.2) is 0 Å². The molecule has 19 heavy (non-hydrogen) atoms. The van der Waals surface area contributed by atoms with Crippen molar-refractivity contribution in [1.29, 1.82) is 5.26 Å². The number of aliphatic hydroxyl groups is 1. The molecular formula is C13H19F3N2O. The van der Waals surface area contributed by atoms with Crippen LogP contribution in [0, 0.1) is 16.7 Å². The van der Waals surface area contributed by atoms with E-state index in [1.165, 1.54) is 0 Å². The molecule has 1 saturated heterocycles. The third-order valence-electron chi connectivity index (χ3n) is 4.64. The average Bonchev–Trinajstić information content (AvgIpc) is 2.25. The molecule has 0 aromatic heterocycles. The fourth-order valence-corrected chi connectivity index (χ4v) is 3.10. The van der Waals surface area contributed by atoms with Gasteiger partial charge in [-0.3, -0.25) is 4.90 Å². The molecule has 0 atom stereocenters. The highest BCUT2D eigenvalue weighted by atomic mass is 19.4. The van der Waals surface area contributed by atoms with Gasteiger partial charge >= 0.3 is 6.18 Å². The van der Waals surface area contributed by atoms with Gasteiger partial charge < -0.3 is 5.11 Å². The number of nitrogens with zero attached hydrogens (tertiary/aromatic N) is 2. The molecule has 108 valence electrons. The number of alkyl halides is 3. The summed E-state index contributed by atoms with van der Waals surface area (Å²) in [7, 11) is 0. The van der Waals surface area contributed by atoms with Gasteiger partial charge in [-0.1, -0.05) is 6.92 Å². The van der Waals surface area contributed by atoms with E-state index in [0.717, 1.165) is 25.7 Å². The Balaban J connectivity index is 1.84. The first-order chi connectivity index (χ1) is 8.69. The molecule has 1 saturated carbocycles. The molecule has 2 fully saturated rings. The molecule has 6 heteroatoms. The minimum atomic E-state index is -4.53. The van der Waals surface area contributed by atoms with Crippen molar-refractivity contribution in [3.8, 4) is 6.07 Å². The Hall–Kier alpha value is -0.800. The highest BCUT2D eigenvalue weighted by molar-refractivity contribution is 5.04. The van der Waals surface area contributed by atoms with E-state index in [-0.39, 0.29) is 24.5 Å². The molecule has 0 radical (unpaired) electrons. The summed E-state index contributed by atoms with van der Waals surface area (Å²) >= 11 is 0. The normalized spacial score (nSPS) is 35.5. The van der Waals surface area contributed by atoms with E-state index in [1.54, 1.807) is 4.90 Å². The second-order valence-corrected chi connectivity index (χ2v) is 6.31. The average molecular weight is 276 g/mol. The second kappa shape index (κ2) is 4.64. The first kappa shape index (κ1) is 14.6. The maximum absolute atomic E-state index is 12.5. The molecule has 1 heterocycles.